The molecule has 100 valence electrons. The van der Waals surface area contributed by atoms with Gasteiger partial charge >= 0.3 is 0 Å². The third kappa shape index (κ3) is 2.40. The quantitative estimate of drug-likeness (QED) is 0.867. The Hall–Kier alpha value is -0.640. The van der Waals surface area contributed by atoms with Gasteiger partial charge in [0.2, 0.25) is 0 Å². The molecule has 0 bridgehead atoms. The normalized spacial score (nSPS) is 27.2. The molecule has 2 N–H and O–H groups in total. The number of aliphatic hydroxyl groups is 1. The molecule has 4 heteroatoms. The van der Waals surface area contributed by atoms with Gasteiger partial charge in [-0.3, -0.25) is 0 Å². The van der Waals surface area contributed by atoms with Crippen molar-refractivity contribution in [3.63, 3.8) is 0 Å². The molecule has 0 spiro atoms. The molecule has 1 fully saturated rings. The monoisotopic (exact) mass is 271 g/mol. The van der Waals surface area contributed by atoms with Gasteiger partial charge in [-0.25, -0.2) is 4.39 Å². The molecular weight excluding hydrogens is 253 g/mol. The number of rotatable bonds is 2. The number of piperidine rings is 1. The molecule has 1 aromatic carbocycles. The van der Waals surface area contributed by atoms with Crippen LogP contribution in [-0.2, 0) is 6.42 Å². The van der Waals surface area contributed by atoms with E-state index in [-0.39, 0.29) is 10.4 Å². The predicted octanol–water partition coefficient (Wildman–Crippen LogP) is 2.77. The first kappa shape index (κ1) is 13.8. The number of halogens is 2. The summed E-state index contributed by atoms with van der Waals surface area (Å²) in [5, 5.41) is 14.2. The molecule has 2 nitrogen and oxygen atoms in total. The topological polar surface area (TPSA) is 32.3 Å². The molecule has 1 aliphatic heterocycles. The third-order valence-corrected chi connectivity index (χ3v) is 4.48. The van der Waals surface area contributed by atoms with Gasteiger partial charge in [0, 0.05) is 18.4 Å². The van der Waals surface area contributed by atoms with Gasteiger partial charge in [0.25, 0.3) is 0 Å². The molecule has 0 saturated carbocycles. The van der Waals surface area contributed by atoms with Crippen molar-refractivity contribution in [2.24, 2.45) is 5.41 Å². The highest BCUT2D eigenvalue weighted by Gasteiger charge is 2.45. The third-order valence-electron chi connectivity index (χ3n) is 4.06. The largest absolute Gasteiger partial charge is 0.389 e. The summed E-state index contributed by atoms with van der Waals surface area (Å²) in [4.78, 5) is 0. The molecule has 1 aliphatic rings. The lowest BCUT2D eigenvalue weighted by Crippen LogP contribution is -2.57. The van der Waals surface area contributed by atoms with Crippen molar-refractivity contribution in [1.82, 2.24) is 5.32 Å². The first-order valence-electron chi connectivity index (χ1n) is 6.22. The zero-order chi connectivity index (χ0) is 13.4. The minimum Gasteiger partial charge on any atom is -0.389 e. The predicted molar refractivity (Wildman–Crippen MR) is 71.3 cm³/mol. The Kier molecular flexibility index (Phi) is 3.67. The maximum atomic E-state index is 13.4. The van der Waals surface area contributed by atoms with Crippen LogP contribution in [0.4, 0.5) is 4.39 Å². The fourth-order valence-corrected chi connectivity index (χ4v) is 2.72. The number of nitrogens with one attached hydrogen (secondary N) is 1. The molecule has 1 aromatic rings. The molecule has 0 aliphatic carbocycles. The van der Waals surface area contributed by atoms with Crippen LogP contribution in [-0.4, -0.2) is 23.8 Å². The lowest BCUT2D eigenvalue weighted by Gasteiger charge is -2.47. The maximum absolute atomic E-state index is 13.4. The Labute approximate surface area is 112 Å². The van der Waals surface area contributed by atoms with Crippen molar-refractivity contribution in [2.75, 3.05) is 13.1 Å². The minimum absolute atomic E-state index is 0.125. The molecule has 18 heavy (non-hydrogen) atoms. The van der Waals surface area contributed by atoms with Crippen molar-refractivity contribution in [2.45, 2.75) is 32.3 Å². The summed E-state index contributed by atoms with van der Waals surface area (Å²) in [6.45, 7) is 5.56. The van der Waals surface area contributed by atoms with Gasteiger partial charge in [-0.2, -0.15) is 0 Å². The standard InChI is InChI=1S/C14H19ClFNO/c1-13(2)9-17-7-6-14(13,18)8-10-4-3-5-11(16)12(10)15/h3-5,17-18H,6-9H2,1-2H3. The lowest BCUT2D eigenvalue weighted by atomic mass is 9.68. The molecule has 1 atom stereocenters. The van der Waals surface area contributed by atoms with E-state index in [2.05, 4.69) is 5.32 Å². The van der Waals surface area contributed by atoms with E-state index in [4.69, 9.17) is 11.6 Å². The first-order chi connectivity index (χ1) is 8.36. The smallest absolute Gasteiger partial charge is 0.142 e. The van der Waals surface area contributed by atoms with Crippen LogP contribution in [0.2, 0.25) is 5.02 Å². The fourth-order valence-electron chi connectivity index (χ4n) is 2.53. The first-order valence-corrected chi connectivity index (χ1v) is 6.59. The second-order valence-electron chi connectivity index (χ2n) is 5.73. The molecule has 0 aromatic heterocycles. The van der Waals surface area contributed by atoms with Crippen LogP contribution in [0.15, 0.2) is 18.2 Å². The number of hydrogen-bond acceptors (Lipinski definition) is 2. The highest BCUT2D eigenvalue weighted by molar-refractivity contribution is 6.31. The molecular formula is C14H19ClFNO. The van der Waals surface area contributed by atoms with E-state index >= 15 is 0 Å². The summed E-state index contributed by atoms with van der Waals surface area (Å²) in [5.41, 5.74) is -0.439. The van der Waals surface area contributed by atoms with E-state index in [1.165, 1.54) is 6.07 Å². The van der Waals surface area contributed by atoms with Crippen molar-refractivity contribution in [3.8, 4) is 0 Å². The average molecular weight is 272 g/mol. The Morgan fingerprint density at radius 3 is 2.83 bits per heavy atom. The lowest BCUT2D eigenvalue weighted by molar-refractivity contribution is -0.0869. The van der Waals surface area contributed by atoms with Crippen molar-refractivity contribution >= 4 is 11.6 Å². The van der Waals surface area contributed by atoms with Crippen LogP contribution in [0.5, 0.6) is 0 Å². The number of hydrogen-bond donors (Lipinski definition) is 2. The van der Waals surface area contributed by atoms with E-state index in [0.717, 1.165) is 13.1 Å². The van der Waals surface area contributed by atoms with Gasteiger partial charge in [0.1, 0.15) is 5.82 Å². The Balaban J connectivity index is 2.29. The summed E-state index contributed by atoms with van der Waals surface area (Å²) in [6, 6.07) is 4.75. The van der Waals surface area contributed by atoms with Crippen LogP contribution in [0.1, 0.15) is 25.8 Å². The zero-order valence-corrected chi connectivity index (χ0v) is 11.5. The Bertz CT molecular complexity index is 449. The summed E-state index contributed by atoms with van der Waals surface area (Å²) >= 11 is 5.97. The van der Waals surface area contributed by atoms with Crippen LogP contribution < -0.4 is 5.32 Å². The van der Waals surface area contributed by atoms with Gasteiger partial charge in [0.15, 0.2) is 0 Å². The SMILES string of the molecule is CC1(C)CNCCC1(O)Cc1cccc(F)c1Cl. The zero-order valence-electron chi connectivity index (χ0n) is 10.8. The number of benzene rings is 1. The minimum atomic E-state index is -0.852. The molecule has 2 rings (SSSR count). The van der Waals surface area contributed by atoms with E-state index < -0.39 is 11.4 Å². The van der Waals surface area contributed by atoms with Crippen LogP contribution in [0.25, 0.3) is 0 Å². The van der Waals surface area contributed by atoms with E-state index in [1.54, 1.807) is 12.1 Å². The van der Waals surface area contributed by atoms with Gasteiger partial charge in [-0.1, -0.05) is 37.6 Å². The van der Waals surface area contributed by atoms with Gasteiger partial charge in [0.05, 0.1) is 10.6 Å². The van der Waals surface area contributed by atoms with Crippen molar-refractivity contribution in [1.29, 1.82) is 0 Å². The van der Waals surface area contributed by atoms with Gasteiger partial charge in [-0.15, -0.1) is 0 Å². The molecule has 0 radical (unpaired) electrons. The second kappa shape index (κ2) is 4.80. The Morgan fingerprint density at radius 1 is 1.44 bits per heavy atom. The van der Waals surface area contributed by atoms with E-state index in [1.807, 2.05) is 13.8 Å². The van der Waals surface area contributed by atoms with E-state index in [0.29, 0.717) is 18.4 Å². The molecule has 1 unspecified atom stereocenters. The molecule has 1 heterocycles. The summed E-state index contributed by atoms with van der Waals surface area (Å²) in [7, 11) is 0. The van der Waals surface area contributed by atoms with Gasteiger partial charge < -0.3 is 10.4 Å². The van der Waals surface area contributed by atoms with Crippen molar-refractivity contribution < 1.29 is 9.50 Å². The van der Waals surface area contributed by atoms with Crippen LogP contribution >= 0.6 is 11.6 Å². The highest BCUT2D eigenvalue weighted by atomic mass is 35.5. The summed E-state index contributed by atoms with van der Waals surface area (Å²) in [6.07, 6.45) is 1.03. The van der Waals surface area contributed by atoms with Crippen LogP contribution in [0.3, 0.4) is 0 Å². The van der Waals surface area contributed by atoms with E-state index in [9.17, 15) is 9.50 Å². The maximum Gasteiger partial charge on any atom is 0.142 e. The van der Waals surface area contributed by atoms with Gasteiger partial charge in [-0.05, 0) is 24.6 Å². The summed E-state index contributed by atoms with van der Waals surface area (Å²) < 4.78 is 13.4. The van der Waals surface area contributed by atoms with Crippen LogP contribution in [0, 0.1) is 11.2 Å². The Morgan fingerprint density at radius 2 is 2.17 bits per heavy atom. The highest BCUT2D eigenvalue weighted by Crippen LogP contribution is 2.39. The molecule has 1 saturated heterocycles. The molecule has 0 amide bonds. The van der Waals surface area contributed by atoms with Crippen molar-refractivity contribution in [3.05, 3.63) is 34.6 Å². The fraction of sp³-hybridized carbons (Fsp3) is 0.571. The summed E-state index contributed by atoms with van der Waals surface area (Å²) in [5.74, 6) is -0.426. The average Bonchev–Trinajstić information content (AvgIpc) is 2.29. The second-order valence-corrected chi connectivity index (χ2v) is 6.11.